The molecule has 1 heterocycles. The summed E-state index contributed by atoms with van der Waals surface area (Å²) in [4.78, 5) is 37.0. The molecule has 1 aromatic heterocycles. The Balaban J connectivity index is 2.12. The second-order valence-corrected chi connectivity index (χ2v) is 6.09. The predicted molar refractivity (Wildman–Crippen MR) is 90.4 cm³/mol. The molecular formula is C15H10N4O5S. The summed E-state index contributed by atoms with van der Waals surface area (Å²) in [5, 5.41) is 21.8. The van der Waals surface area contributed by atoms with Gasteiger partial charge >= 0.3 is 0 Å². The summed E-state index contributed by atoms with van der Waals surface area (Å²) in [7, 11) is 1.74. The molecule has 25 heavy (non-hydrogen) atoms. The Kier molecular flexibility index (Phi) is 4.11. The Hall–Kier alpha value is -3.40. The van der Waals surface area contributed by atoms with Crippen LogP contribution < -0.4 is 4.80 Å². The fourth-order valence-electron chi connectivity index (χ4n) is 2.27. The lowest BCUT2D eigenvalue weighted by atomic mass is 10.1. The number of carbonyl (C=O) groups excluding carboxylic acids is 1. The minimum atomic E-state index is -0.788. The maximum atomic E-state index is 12.4. The molecule has 126 valence electrons. The predicted octanol–water partition coefficient (Wildman–Crippen LogP) is 2.80. The number of aryl methyl sites for hydroxylation is 1. The summed E-state index contributed by atoms with van der Waals surface area (Å²) < 4.78 is 2.63. The van der Waals surface area contributed by atoms with Gasteiger partial charge in [0.15, 0.2) is 4.80 Å². The van der Waals surface area contributed by atoms with Gasteiger partial charge in [-0.25, -0.2) is 0 Å². The van der Waals surface area contributed by atoms with Gasteiger partial charge in [0.2, 0.25) is 0 Å². The van der Waals surface area contributed by atoms with E-state index in [2.05, 4.69) is 4.99 Å². The van der Waals surface area contributed by atoms with E-state index in [4.69, 9.17) is 0 Å². The quantitative estimate of drug-likeness (QED) is 0.526. The third kappa shape index (κ3) is 3.15. The van der Waals surface area contributed by atoms with Crippen LogP contribution >= 0.6 is 11.3 Å². The van der Waals surface area contributed by atoms with E-state index in [1.807, 2.05) is 24.3 Å². The third-order valence-corrected chi connectivity index (χ3v) is 4.60. The number of para-hydroxylation sites is 1. The molecule has 0 N–H and O–H groups in total. The molecule has 0 atom stereocenters. The molecule has 0 aliphatic rings. The summed E-state index contributed by atoms with van der Waals surface area (Å²) >= 11 is 1.28. The number of aromatic nitrogens is 1. The Morgan fingerprint density at radius 2 is 1.68 bits per heavy atom. The lowest BCUT2D eigenvalue weighted by Crippen LogP contribution is -2.13. The van der Waals surface area contributed by atoms with Crippen molar-refractivity contribution < 1.29 is 14.6 Å². The van der Waals surface area contributed by atoms with Crippen LogP contribution in [0.1, 0.15) is 10.4 Å². The van der Waals surface area contributed by atoms with Gasteiger partial charge in [-0.1, -0.05) is 23.5 Å². The number of benzene rings is 2. The van der Waals surface area contributed by atoms with Gasteiger partial charge in [-0.2, -0.15) is 4.99 Å². The zero-order valence-corrected chi connectivity index (χ0v) is 13.6. The second kappa shape index (κ2) is 6.24. The molecule has 3 rings (SSSR count). The zero-order valence-electron chi connectivity index (χ0n) is 12.8. The molecule has 0 saturated heterocycles. The van der Waals surface area contributed by atoms with Gasteiger partial charge < -0.3 is 4.57 Å². The number of amides is 1. The normalized spacial score (nSPS) is 11.6. The van der Waals surface area contributed by atoms with Crippen molar-refractivity contribution in [3.8, 4) is 0 Å². The van der Waals surface area contributed by atoms with Crippen molar-refractivity contribution in [2.45, 2.75) is 0 Å². The second-order valence-electron chi connectivity index (χ2n) is 5.08. The van der Waals surface area contributed by atoms with Crippen molar-refractivity contribution in [3.63, 3.8) is 0 Å². The van der Waals surface area contributed by atoms with Crippen molar-refractivity contribution in [1.29, 1.82) is 0 Å². The van der Waals surface area contributed by atoms with E-state index in [0.717, 1.165) is 28.4 Å². The molecule has 0 fully saturated rings. The number of nitrogens with zero attached hydrogens (tertiary/aromatic N) is 4. The largest absolute Gasteiger partial charge is 0.319 e. The molecule has 9 nitrogen and oxygen atoms in total. The van der Waals surface area contributed by atoms with E-state index in [0.29, 0.717) is 4.80 Å². The van der Waals surface area contributed by atoms with Crippen LogP contribution in [-0.2, 0) is 7.05 Å². The standard InChI is InChI=1S/C15H10N4O5S/c1-17-12-4-2-3-5-13(12)25-15(17)16-14(20)9-6-10(18(21)22)8-11(7-9)19(23)24/h2-8H,1H3. The molecular weight excluding hydrogens is 348 g/mol. The number of thiazole rings is 1. The van der Waals surface area contributed by atoms with E-state index < -0.39 is 27.1 Å². The number of rotatable bonds is 3. The lowest BCUT2D eigenvalue weighted by Gasteiger charge is -1.98. The van der Waals surface area contributed by atoms with Crippen LogP contribution in [0.4, 0.5) is 11.4 Å². The van der Waals surface area contributed by atoms with E-state index in [1.54, 1.807) is 11.6 Å². The average Bonchev–Trinajstić information content (AvgIpc) is 2.90. The van der Waals surface area contributed by atoms with Crippen LogP contribution in [0.15, 0.2) is 47.5 Å². The van der Waals surface area contributed by atoms with E-state index in [-0.39, 0.29) is 5.56 Å². The number of non-ortho nitro benzene ring substituents is 2. The summed E-state index contributed by atoms with van der Waals surface area (Å²) in [6.45, 7) is 0. The highest BCUT2D eigenvalue weighted by atomic mass is 32.1. The summed E-state index contributed by atoms with van der Waals surface area (Å²) in [5.74, 6) is -0.783. The number of fused-ring (bicyclic) bond motifs is 1. The highest BCUT2D eigenvalue weighted by Crippen LogP contribution is 2.23. The first kappa shape index (κ1) is 16.5. The van der Waals surface area contributed by atoms with Gasteiger partial charge in [-0.05, 0) is 12.1 Å². The number of carbonyl (C=O) groups is 1. The molecule has 0 saturated carbocycles. The smallest absolute Gasteiger partial charge is 0.280 e. The van der Waals surface area contributed by atoms with Gasteiger partial charge in [0.1, 0.15) is 0 Å². The number of hydrogen-bond acceptors (Lipinski definition) is 6. The monoisotopic (exact) mass is 358 g/mol. The summed E-state index contributed by atoms with van der Waals surface area (Å²) in [6, 6.07) is 10.2. The molecule has 0 aliphatic heterocycles. The van der Waals surface area contributed by atoms with Crippen molar-refractivity contribution >= 4 is 38.8 Å². The highest BCUT2D eigenvalue weighted by Gasteiger charge is 2.19. The van der Waals surface area contributed by atoms with Gasteiger partial charge in [0.05, 0.1) is 31.7 Å². The molecule has 10 heteroatoms. The summed E-state index contributed by atoms with van der Waals surface area (Å²) in [5.41, 5.74) is -0.399. The first-order valence-electron chi connectivity index (χ1n) is 6.94. The van der Waals surface area contributed by atoms with Crippen molar-refractivity contribution in [1.82, 2.24) is 4.57 Å². The fraction of sp³-hybridized carbons (Fsp3) is 0.0667. The Morgan fingerprint density at radius 1 is 1.08 bits per heavy atom. The zero-order chi connectivity index (χ0) is 18.1. The molecule has 0 radical (unpaired) electrons. The van der Waals surface area contributed by atoms with E-state index in [9.17, 15) is 25.0 Å². The summed E-state index contributed by atoms with van der Waals surface area (Å²) in [6.07, 6.45) is 0. The molecule has 3 aromatic rings. The van der Waals surface area contributed by atoms with Crippen molar-refractivity contribution in [2.24, 2.45) is 12.0 Å². The van der Waals surface area contributed by atoms with E-state index in [1.165, 1.54) is 11.3 Å². The van der Waals surface area contributed by atoms with Crippen LogP contribution in [0.2, 0.25) is 0 Å². The third-order valence-electron chi connectivity index (χ3n) is 3.48. The minimum absolute atomic E-state index is 0.210. The number of nitro benzene ring substituents is 2. The number of hydrogen-bond donors (Lipinski definition) is 0. The SMILES string of the molecule is Cn1c(=NC(=O)c2cc([N+](=O)[O-])cc([N+](=O)[O-])c2)sc2ccccc21. The van der Waals surface area contributed by atoms with E-state index >= 15 is 0 Å². The van der Waals surface area contributed by atoms with Crippen LogP contribution in [0.3, 0.4) is 0 Å². The first-order chi connectivity index (χ1) is 11.9. The highest BCUT2D eigenvalue weighted by molar-refractivity contribution is 7.16. The van der Waals surface area contributed by atoms with Gasteiger partial charge in [0, 0.05) is 19.2 Å². The van der Waals surface area contributed by atoms with Gasteiger partial charge in [-0.15, -0.1) is 0 Å². The maximum absolute atomic E-state index is 12.4. The van der Waals surface area contributed by atoms with Gasteiger partial charge in [-0.3, -0.25) is 25.0 Å². The minimum Gasteiger partial charge on any atom is -0.319 e. The fourth-order valence-corrected chi connectivity index (χ4v) is 3.29. The van der Waals surface area contributed by atoms with Crippen LogP contribution in [0.5, 0.6) is 0 Å². The molecule has 2 aromatic carbocycles. The average molecular weight is 358 g/mol. The Bertz CT molecular complexity index is 1070. The molecule has 0 spiro atoms. The topological polar surface area (TPSA) is 121 Å². The van der Waals surface area contributed by atoms with Crippen LogP contribution in [0.25, 0.3) is 10.2 Å². The Labute approximate surface area is 143 Å². The molecule has 1 amide bonds. The van der Waals surface area contributed by atoms with Crippen LogP contribution in [0, 0.1) is 20.2 Å². The Morgan fingerprint density at radius 3 is 2.24 bits per heavy atom. The van der Waals surface area contributed by atoms with Crippen LogP contribution in [-0.4, -0.2) is 20.3 Å². The number of nitro groups is 2. The molecule has 0 aliphatic carbocycles. The maximum Gasteiger partial charge on any atom is 0.280 e. The van der Waals surface area contributed by atoms with Crippen molar-refractivity contribution in [3.05, 3.63) is 73.1 Å². The first-order valence-corrected chi connectivity index (χ1v) is 7.76. The van der Waals surface area contributed by atoms with Gasteiger partial charge in [0.25, 0.3) is 17.3 Å². The molecule has 0 bridgehead atoms. The van der Waals surface area contributed by atoms with Crippen molar-refractivity contribution in [2.75, 3.05) is 0 Å². The lowest BCUT2D eigenvalue weighted by molar-refractivity contribution is -0.394. The molecule has 0 unspecified atom stereocenters.